The summed E-state index contributed by atoms with van der Waals surface area (Å²) in [4.78, 5) is 6.80. The Bertz CT molecular complexity index is 684. The Morgan fingerprint density at radius 2 is 2.38 bits per heavy atom. The van der Waals surface area contributed by atoms with Gasteiger partial charge in [0.1, 0.15) is 5.84 Å². The summed E-state index contributed by atoms with van der Waals surface area (Å²) in [5, 5.41) is 22.1. The molecule has 0 saturated carbocycles. The van der Waals surface area contributed by atoms with Crippen LogP contribution in [-0.2, 0) is 0 Å². The molecule has 2 atom stereocenters. The number of thioether (sulfide) groups is 1. The molecule has 0 aliphatic carbocycles. The van der Waals surface area contributed by atoms with Crippen molar-refractivity contribution < 1.29 is 0 Å². The van der Waals surface area contributed by atoms with E-state index in [1.165, 1.54) is 0 Å². The lowest BCUT2D eigenvalue weighted by atomic mass is 9.59. The van der Waals surface area contributed by atoms with Crippen LogP contribution >= 0.6 is 23.5 Å². The largest absolute Gasteiger partial charge is 0.429 e. The molecular weight excluding hydrogens is 305 g/mol. The highest BCUT2D eigenvalue weighted by Crippen LogP contribution is 2.26. The summed E-state index contributed by atoms with van der Waals surface area (Å²) in [6, 6.07) is 5.59. The van der Waals surface area contributed by atoms with Gasteiger partial charge in [0.15, 0.2) is 0 Å². The Morgan fingerprint density at radius 3 is 3.14 bits per heavy atom. The lowest BCUT2D eigenvalue weighted by Gasteiger charge is -2.19. The van der Waals surface area contributed by atoms with Gasteiger partial charge in [0.2, 0.25) is 0 Å². The summed E-state index contributed by atoms with van der Waals surface area (Å²) in [6.07, 6.45) is 3.64. The molecule has 3 N–H and O–H groups in total. The van der Waals surface area contributed by atoms with E-state index >= 15 is 0 Å². The first-order valence-electron chi connectivity index (χ1n) is 6.33. The van der Waals surface area contributed by atoms with Crippen LogP contribution in [0.5, 0.6) is 0 Å². The Morgan fingerprint density at radius 1 is 1.52 bits per heavy atom. The smallest absolute Gasteiger partial charge is 0.343 e. The average Bonchev–Trinajstić information content (AvgIpc) is 3.12. The van der Waals surface area contributed by atoms with Crippen LogP contribution in [0.1, 0.15) is 5.56 Å². The summed E-state index contributed by atoms with van der Waals surface area (Å²) in [7, 11) is 0. The minimum atomic E-state index is -0.409. The Labute approximate surface area is 132 Å². The zero-order chi connectivity index (χ0) is 14.8. The van der Waals surface area contributed by atoms with Gasteiger partial charge in [0, 0.05) is 17.9 Å². The zero-order valence-electron chi connectivity index (χ0n) is 10.9. The number of hydrogen-bond donors (Lipinski definition) is 3. The van der Waals surface area contributed by atoms with Crippen LogP contribution in [0.3, 0.4) is 0 Å². The Balaban J connectivity index is 1.73. The number of amidine groups is 1. The van der Waals surface area contributed by atoms with E-state index in [9.17, 15) is 0 Å². The summed E-state index contributed by atoms with van der Waals surface area (Å²) < 4.78 is 0. The fraction of sp³-hybridized carbons (Fsp3) is 0.154. The fourth-order valence-corrected chi connectivity index (χ4v) is 3.55. The summed E-state index contributed by atoms with van der Waals surface area (Å²) >= 11 is 7.22. The maximum Gasteiger partial charge on any atom is 0.429 e. The van der Waals surface area contributed by atoms with Gasteiger partial charge in [-0.25, -0.2) is 10.1 Å². The molecule has 0 bridgehead atoms. The standard InChI is InChI=1S/C13H11BClN5S/c15-20-11-3-4-21-12(11)13(17)19-9-1-2-10-8(5-9)6-18-14(10)7-16/h1-6,11-12,20H,(H2,17,19). The summed E-state index contributed by atoms with van der Waals surface area (Å²) in [6.45, 7) is -0.409. The van der Waals surface area contributed by atoms with Crippen LogP contribution in [0.15, 0.2) is 34.6 Å². The van der Waals surface area contributed by atoms with Gasteiger partial charge in [-0.2, -0.15) is 0 Å². The first kappa shape index (κ1) is 14.2. The second-order valence-electron chi connectivity index (χ2n) is 4.71. The van der Waals surface area contributed by atoms with Crippen molar-refractivity contribution in [1.82, 2.24) is 4.84 Å². The third kappa shape index (κ3) is 2.70. The van der Waals surface area contributed by atoms with E-state index < -0.39 is 6.85 Å². The minimum Gasteiger partial charge on any atom is -0.343 e. The molecule has 5 nitrogen and oxygen atoms in total. The number of nitrogens with zero attached hydrogens (tertiary/aromatic N) is 2. The molecule has 2 unspecified atom stereocenters. The molecule has 2 heterocycles. The third-order valence-electron chi connectivity index (χ3n) is 3.39. The molecule has 2 aliphatic heterocycles. The van der Waals surface area contributed by atoms with Crippen molar-refractivity contribution in [3.63, 3.8) is 0 Å². The van der Waals surface area contributed by atoms with Crippen LogP contribution in [0, 0.1) is 16.6 Å². The van der Waals surface area contributed by atoms with Crippen molar-refractivity contribution in [3.8, 4) is 5.97 Å². The highest BCUT2D eigenvalue weighted by atomic mass is 35.5. The number of fused-ring (bicyclic) bond motifs is 1. The predicted octanol–water partition coefficient (Wildman–Crippen LogP) is 1.51. The molecule has 0 fully saturated rings. The maximum absolute atomic E-state index is 8.98. The number of nitriles is 1. The molecule has 2 aliphatic rings. The van der Waals surface area contributed by atoms with Gasteiger partial charge in [-0.15, -0.1) is 11.8 Å². The van der Waals surface area contributed by atoms with Crippen molar-refractivity contribution in [2.24, 2.45) is 4.90 Å². The molecule has 0 saturated heterocycles. The minimum absolute atomic E-state index is 0.0596. The van der Waals surface area contributed by atoms with E-state index in [-0.39, 0.29) is 11.3 Å². The Hall–Kier alpha value is -1.75. The van der Waals surface area contributed by atoms with Gasteiger partial charge in [0.25, 0.3) is 0 Å². The average molecular weight is 316 g/mol. The number of hydrogen-bond acceptors (Lipinski definition) is 5. The highest BCUT2D eigenvalue weighted by Gasteiger charge is 2.28. The molecule has 8 heteroatoms. The van der Waals surface area contributed by atoms with Crippen molar-refractivity contribution in [1.29, 1.82) is 10.7 Å². The number of rotatable bonds is 3. The highest BCUT2D eigenvalue weighted by molar-refractivity contribution is 8.03. The van der Waals surface area contributed by atoms with Crippen LogP contribution in [0.4, 0.5) is 5.69 Å². The van der Waals surface area contributed by atoms with E-state index in [0.717, 1.165) is 16.7 Å². The first-order chi connectivity index (χ1) is 10.2. The Kier molecular flexibility index (Phi) is 4.02. The molecule has 104 valence electrons. The van der Waals surface area contributed by atoms with Gasteiger partial charge >= 0.3 is 6.85 Å². The number of anilines is 1. The molecule has 0 aromatic heterocycles. The van der Waals surface area contributed by atoms with Gasteiger partial charge in [0.05, 0.1) is 11.3 Å². The molecule has 0 radical (unpaired) electrons. The van der Waals surface area contributed by atoms with E-state index in [2.05, 4.69) is 21.0 Å². The second kappa shape index (κ2) is 5.94. The number of nitrogens with one attached hydrogen (secondary N) is 3. The van der Waals surface area contributed by atoms with E-state index in [4.69, 9.17) is 22.4 Å². The van der Waals surface area contributed by atoms with Crippen molar-refractivity contribution >= 4 is 53.6 Å². The maximum atomic E-state index is 8.98. The lowest BCUT2D eigenvalue weighted by molar-refractivity contribution is 0.808. The van der Waals surface area contributed by atoms with Gasteiger partial charge in [-0.05, 0) is 40.3 Å². The zero-order valence-corrected chi connectivity index (χ0v) is 12.4. The molecule has 3 rings (SSSR count). The third-order valence-corrected chi connectivity index (χ3v) is 4.78. The van der Waals surface area contributed by atoms with Crippen molar-refractivity contribution in [2.45, 2.75) is 11.3 Å². The van der Waals surface area contributed by atoms with Crippen LogP contribution in [0.2, 0.25) is 0 Å². The monoisotopic (exact) mass is 315 g/mol. The number of benzene rings is 1. The first-order valence-corrected chi connectivity index (χ1v) is 7.65. The van der Waals surface area contributed by atoms with E-state index in [1.54, 1.807) is 18.0 Å². The molecule has 1 aromatic carbocycles. The molecule has 0 spiro atoms. The fourth-order valence-electron chi connectivity index (χ4n) is 2.32. The topological polar surface area (TPSA) is 84.1 Å². The van der Waals surface area contributed by atoms with Gasteiger partial charge in [-0.1, -0.05) is 12.1 Å². The SMILES string of the molecule is N#CB1N=Cc2cc(NC(=N)C3SC=CC3NCl)ccc21. The van der Waals surface area contributed by atoms with Crippen LogP contribution < -0.4 is 15.6 Å². The van der Waals surface area contributed by atoms with E-state index in [1.807, 2.05) is 29.7 Å². The molecule has 1 aromatic rings. The normalized spacial score (nSPS) is 22.2. The molecule has 0 amide bonds. The van der Waals surface area contributed by atoms with Crippen molar-refractivity contribution in [3.05, 3.63) is 35.2 Å². The summed E-state index contributed by atoms with van der Waals surface area (Å²) in [5.74, 6) is 2.53. The second-order valence-corrected chi connectivity index (χ2v) is 5.98. The van der Waals surface area contributed by atoms with Gasteiger partial charge < -0.3 is 10.2 Å². The number of halogens is 1. The summed E-state index contributed by atoms with van der Waals surface area (Å²) in [5.41, 5.74) is 2.64. The predicted molar refractivity (Wildman–Crippen MR) is 89.7 cm³/mol. The lowest BCUT2D eigenvalue weighted by Crippen LogP contribution is -2.37. The van der Waals surface area contributed by atoms with Gasteiger partial charge in [-0.3, -0.25) is 5.41 Å². The van der Waals surface area contributed by atoms with E-state index in [0.29, 0.717) is 5.84 Å². The van der Waals surface area contributed by atoms with Crippen LogP contribution in [-0.4, -0.2) is 30.2 Å². The van der Waals surface area contributed by atoms with Crippen LogP contribution in [0.25, 0.3) is 0 Å². The quantitative estimate of drug-likeness (QED) is 0.342. The molecule has 21 heavy (non-hydrogen) atoms. The molecular formula is C13H11BClN5S. The van der Waals surface area contributed by atoms with Crippen molar-refractivity contribution in [2.75, 3.05) is 5.32 Å².